The van der Waals surface area contributed by atoms with Gasteiger partial charge in [0.15, 0.2) is 0 Å². The van der Waals surface area contributed by atoms with E-state index in [9.17, 15) is 4.79 Å². The molecule has 2 rings (SSSR count). The first-order valence-electron chi connectivity index (χ1n) is 6.87. The van der Waals surface area contributed by atoms with Gasteiger partial charge in [0, 0.05) is 10.8 Å². The van der Waals surface area contributed by atoms with Crippen LogP contribution >= 0.6 is 11.8 Å². The number of benzene rings is 1. The summed E-state index contributed by atoms with van der Waals surface area (Å²) in [6, 6.07) is 8.40. The summed E-state index contributed by atoms with van der Waals surface area (Å²) in [6.45, 7) is 4.39. The van der Waals surface area contributed by atoms with Crippen molar-refractivity contribution in [3.63, 3.8) is 0 Å². The smallest absolute Gasteiger partial charge is 0.146 e. The molecule has 0 spiro atoms. The third-order valence-electron chi connectivity index (χ3n) is 3.84. The number of carbonyl (C=O) groups is 1. The zero-order chi connectivity index (χ0) is 13.0. The molecule has 0 heterocycles. The van der Waals surface area contributed by atoms with Gasteiger partial charge in [0.25, 0.3) is 0 Å². The standard InChI is InChI=1S/C16H22OS/c1-12-6-8-14(9-7-12)16(17)11-18-15-5-3-4-13(2)10-15/h3-5,10,12,14H,6-9,11H2,1-2H3. The molecule has 1 aromatic rings. The Morgan fingerprint density at radius 1 is 1.28 bits per heavy atom. The highest BCUT2D eigenvalue weighted by molar-refractivity contribution is 8.00. The van der Waals surface area contributed by atoms with Crippen molar-refractivity contribution in [2.24, 2.45) is 11.8 Å². The van der Waals surface area contributed by atoms with Crippen molar-refractivity contribution in [2.75, 3.05) is 5.75 Å². The fraction of sp³-hybridized carbons (Fsp3) is 0.562. The first-order chi connectivity index (χ1) is 8.65. The van der Waals surface area contributed by atoms with Crippen molar-refractivity contribution in [1.82, 2.24) is 0 Å². The van der Waals surface area contributed by atoms with Gasteiger partial charge in [0.1, 0.15) is 5.78 Å². The van der Waals surface area contributed by atoms with Gasteiger partial charge < -0.3 is 0 Å². The molecule has 0 saturated heterocycles. The number of Topliss-reactive ketones (excluding diaryl/α,β-unsaturated/α-hetero) is 1. The third kappa shape index (κ3) is 3.88. The SMILES string of the molecule is Cc1cccc(SCC(=O)C2CCC(C)CC2)c1. The zero-order valence-electron chi connectivity index (χ0n) is 11.3. The topological polar surface area (TPSA) is 17.1 Å². The summed E-state index contributed by atoms with van der Waals surface area (Å²) in [5.74, 6) is 2.24. The van der Waals surface area contributed by atoms with Gasteiger partial charge in [-0.3, -0.25) is 4.79 Å². The van der Waals surface area contributed by atoms with E-state index in [1.807, 2.05) is 0 Å². The quantitative estimate of drug-likeness (QED) is 0.744. The lowest BCUT2D eigenvalue weighted by atomic mass is 9.81. The number of carbonyl (C=O) groups excluding carboxylic acids is 1. The summed E-state index contributed by atoms with van der Waals surface area (Å²) in [4.78, 5) is 13.4. The van der Waals surface area contributed by atoms with E-state index in [4.69, 9.17) is 0 Å². The third-order valence-corrected chi connectivity index (χ3v) is 4.86. The Morgan fingerprint density at radius 3 is 2.67 bits per heavy atom. The van der Waals surface area contributed by atoms with Crippen LogP contribution in [0.1, 0.15) is 38.2 Å². The average Bonchev–Trinajstić information content (AvgIpc) is 2.37. The lowest BCUT2D eigenvalue weighted by Crippen LogP contribution is -2.22. The number of hydrogen-bond acceptors (Lipinski definition) is 2. The van der Waals surface area contributed by atoms with Crippen molar-refractivity contribution in [1.29, 1.82) is 0 Å². The van der Waals surface area contributed by atoms with Crippen LogP contribution in [0, 0.1) is 18.8 Å². The van der Waals surface area contributed by atoms with Gasteiger partial charge in [-0.1, -0.05) is 37.5 Å². The molecular weight excluding hydrogens is 240 g/mol. The minimum Gasteiger partial charge on any atom is -0.298 e. The summed E-state index contributed by atoms with van der Waals surface area (Å²) in [7, 11) is 0. The molecule has 1 aliphatic carbocycles. The zero-order valence-corrected chi connectivity index (χ0v) is 12.1. The van der Waals surface area contributed by atoms with Crippen LogP contribution in [-0.2, 0) is 4.79 Å². The Bertz CT molecular complexity index is 405. The minimum absolute atomic E-state index is 0.332. The Kier molecular flexibility index (Phi) is 4.87. The number of thioether (sulfide) groups is 1. The molecule has 1 aromatic carbocycles. The van der Waals surface area contributed by atoms with Gasteiger partial charge in [0.2, 0.25) is 0 Å². The van der Waals surface area contributed by atoms with Crippen molar-refractivity contribution >= 4 is 17.5 Å². The van der Waals surface area contributed by atoms with Crippen molar-refractivity contribution < 1.29 is 4.79 Å². The van der Waals surface area contributed by atoms with Crippen molar-refractivity contribution in [2.45, 2.75) is 44.4 Å². The van der Waals surface area contributed by atoms with Gasteiger partial charge in [-0.15, -0.1) is 11.8 Å². The lowest BCUT2D eigenvalue weighted by Gasteiger charge is -2.24. The van der Waals surface area contributed by atoms with E-state index in [0.717, 1.165) is 18.8 Å². The normalized spacial score (nSPS) is 23.9. The summed E-state index contributed by atoms with van der Waals surface area (Å²) < 4.78 is 0. The second-order valence-electron chi connectivity index (χ2n) is 5.53. The molecule has 0 amide bonds. The highest BCUT2D eigenvalue weighted by atomic mass is 32.2. The fourth-order valence-corrected chi connectivity index (χ4v) is 3.55. The molecule has 0 unspecified atom stereocenters. The first-order valence-corrected chi connectivity index (χ1v) is 7.86. The molecule has 1 aliphatic rings. The van der Waals surface area contributed by atoms with Gasteiger partial charge in [-0.2, -0.15) is 0 Å². The molecule has 18 heavy (non-hydrogen) atoms. The Balaban J connectivity index is 1.81. The lowest BCUT2D eigenvalue weighted by molar-refractivity contribution is -0.121. The molecule has 0 aliphatic heterocycles. The van der Waals surface area contributed by atoms with Gasteiger partial charge in [-0.25, -0.2) is 0 Å². The number of hydrogen-bond donors (Lipinski definition) is 0. The second-order valence-corrected chi connectivity index (χ2v) is 6.58. The minimum atomic E-state index is 0.332. The maximum Gasteiger partial charge on any atom is 0.146 e. The van der Waals surface area contributed by atoms with Gasteiger partial charge in [-0.05, 0) is 37.8 Å². The average molecular weight is 262 g/mol. The molecule has 0 aromatic heterocycles. The molecule has 1 saturated carbocycles. The highest BCUT2D eigenvalue weighted by Gasteiger charge is 2.23. The highest BCUT2D eigenvalue weighted by Crippen LogP contribution is 2.30. The van der Waals surface area contributed by atoms with Crippen molar-refractivity contribution in [3.8, 4) is 0 Å². The van der Waals surface area contributed by atoms with Crippen LogP contribution in [0.4, 0.5) is 0 Å². The Labute approximate surface area is 114 Å². The molecule has 0 radical (unpaired) electrons. The van der Waals surface area contributed by atoms with Crippen LogP contribution in [0.2, 0.25) is 0 Å². The largest absolute Gasteiger partial charge is 0.298 e. The molecule has 1 fully saturated rings. The Hall–Kier alpha value is -0.760. The number of rotatable bonds is 4. The molecule has 1 nitrogen and oxygen atoms in total. The van der Waals surface area contributed by atoms with Gasteiger partial charge >= 0.3 is 0 Å². The maximum atomic E-state index is 12.1. The van der Waals surface area contributed by atoms with Crippen LogP contribution in [0.5, 0.6) is 0 Å². The van der Waals surface area contributed by atoms with Crippen LogP contribution < -0.4 is 0 Å². The monoisotopic (exact) mass is 262 g/mol. The van der Waals surface area contributed by atoms with E-state index in [0.29, 0.717) is 17.5 Å². The second kappa shape index (κ2) is 6.42. The molecule has 0 N–H and O–H groups in total. The summed E-state index contributed by atoms with van der Waals surface area (Å²) in [6.07, 6.45) is 4.67. The predicted molar refractivity (Wildman–Crippen MR) is 78.0 cm³/mol. The molecule has 2 heteroatoms. The summed E-state index contributed by atoms with van der Waals surface area (Å²) in [5.41, 5.74) is 1.26. The summed E-state index contributed by atoms with van der Waals surface area (Å²) in [5, 5.41) is 0. The molecule has 0 atom stereocenters. The van der Waals surface area contributed by atoms with E-state index >= 15 is 0 Å². The van der Waals surface area contributed by atoms with E-state index in [-0.39, 0.29) is 0 Å². The van der Waals surface area contributed by atoms with E-state index in [1.165, 1.54) is 23.3 Å². The van der Waals surface area contributed by atoms with Crippen LogP contribution in [-0.4, -0.2) is 11.5 Å². The van der Waals surface area contributed by atoms with E-state index in [1.54, 1.807) is 11.8 Å². The first kappa shape index (κ1) is 13.7. The van der Waals surface area contributed by atoms with Crippen molar-refractivity contribution in [3.05, 3.63) is 29.8 Å². The van der Waals surface area contributed by atoms with E-state index in [2.05, 4.69) is 38.1 Å². The van der Waals surface area contributed by atoms with Gasteiger partial charge in [0.05, 0.1) is 5.75 Å². The molecular formula is C16H22OS. The van der Waals surface area contributed by atoms with Crippen LogP contribution in [0.3, 0.4) is 0 Å². The number of ketones is 1. The van der Waals surface area contributed by atoms with E-state index < -0.39 is 0 Å². The fourth-order valence-electron chi connectivity index (χ4n) is 2.56. The molecule has 0 bridgehead atoms. The predicted octanol–water partition coefficient (Wildman–Crippen LogP) is 4.48. The van der Waals surface area contributed by atoms with Crippen LogP contribution in [0.15, 0.2) is 29.2 Å². The maximum absolute atomic E-state index is 12.1. The van der Waals surface area contributed by atoms with Crippen LogP contribution in [0.25, 0.3) is 0 Å². The number of aryl methyl sites for hydroxylation is 1. The molecule has 98 valence electrons. The summed E-state index contributed by atoms with van der Waals surface area (Å²) >= 11 is 1.69. The Morgan fingerprint density at radius 2 is 2.00 bits per heavy atom.